The number of carbonyl (C=O) groups is 2. The molecule has 0 aliphatic carbocycles. The molecule has 1 aliphatic rings. The van der Waals surface area contributed by atoms with Gasteiger partial charge in [0.2, 0.25) is 5.79 Å². The summed E-state index contributed by atoms with van der Waals surface area (Å²) >= 11 is 2.15. The van der Waals surface area contributed by atoms with Gasteiger partial charge in [0.25, 0.3) is 0 Å². The Morgan fingerprint density at radius 1 is 1.21 bits per heavy atom. The van der Waals surface area contributed by atoms with Crippen LogP contribution in [-0.2, 0) is 20.9 Å². The van der Waals surface area contributed by atoms with E-state index in [4.69, 9.17) is 18.9 Å². The Morgan fingerprint density at radius 3 is 2.71 bits per heavy atom. The van der Waals surface area contributed by atoms with E-state index in [9.17, 15) is 9.59 Å². The zero-order valence-corrected chi connectivity index (χ0v) is 22.2. The summed E-state index contributed by atoms with van der Waals surface area (Å²) in [5.41, 5.74) is 2.70. The summed E-state index contributed by atoms with van der Waals surface area (Å²) in [7, 11) is 0. The quantitative estimate of drug-likeness (QED) is 0.129. The van der Waals surface area contributed by atoms with Gasteiger partial charge in [-0.05, 0) is 53.7 Å². The molecular formula is C27H31IO6. The van der Waals surface area contributed by atoms with Crippen LogP contribution in [-0.4, -0.2) is 24.1 Å². The highest BCUT2D eigenvalue weighted by molar-refractivity contribution is 14.1. The summed E-state index contributed by atoms with van der Waals surface area (Å²) < 4.78 is 25.5. The Kier molecular flexibility index (Phi) is 9.13. The van der Waals surface area contributed by atoms with Gasteiger partial charge in [-0.3, -0.25) is 4.79 Å². The molecule has 0 amide bonds. The third-order valence-electron chi connectivity index (χ3n) is 5.58. The second-order valence-corrected chi connectivity index (χ2v) is 9.38. The van der Waals surface area contributed by atoms with Crippen molar-refractivity contribution in [3.8, 4) is 17.2 Å². The van der Waals surface area contributed by atoms with E-state index in [0.29, 0.717) is 41.9 Å². The van der Waals surface area contributed by atoms with E-state index in [-0.39, 0.29) is 0 Å². The van der Waals surface area contributed by atoms with Gasteiger partial charge in [0, 0.05) is 25.0 Å². The fourth-order valence-electron chi connectivity index (χ4n) is 3.80. The van der Waals surface area contributed by atoms with Crippen molar-refractivity contribution in [1.29, 1.82) is 0 Å². The molecule has 2 aromatic carbocycles. The van der Waals surface area contributed by atoms with Gasteiger partial charge in [-0.1, -0.05) is 54.5 Å². The molecule has 0 bridgehead atoms. The number of esters is 1. The fourth-order valence-corrected chi connectivity index (χ4v) is 4.15. The van der Waals surface area contributed by atoms with Crippen molar-refractivity contribution in [3.05, 3.63) is 56.7 Å². The van der Waals surface area contributed by atoms with Crippen molar-refractivity contribution < 1.29 is 28.5 Å². The van der Waals surface area contributed by atoms with Crippen molar-refractivity contribution >= 4 is 40.9 Å². The number of fused-ring (bicyclic) bond motifs is 1. The molecule has 0 N–H and O–H groups in total. The zero-order chi connectivity index (χ0) is 24.7. The van der Waals surface area contributed by atoms with Crippen LogP contribution in [0.5, 0.6) is 17.2 Å². The molecule has 34 heavy (non-hydrogen) atoms. The lowest BCUT2D eigenvalue weighted by atomic mass is 10.0. The smallest absolute Gasteiger partial charge is 0.342 e. The van der Waals surface area contributed by atoms with Crippen molar-refractivity contribution in [2.24, 2.45) is 0 Å². The maximum atomic E-state index is 13.1. The van der Waals surface area contributed by atoms with E-state index in [0.717, 1.165) is 36.1 Å². The largest absolute Gasteiger partial charge is 0.463 e. The molecule has 0 unspecified atom stereocenters. The van der Waals surface area contributed by atoms with E-state index in [1.165, 1.54) is 0 Å². The van der Waals surface area contributed by atoms with Gasteiger partial charge in [-0.25, -0.2) is 4.79 Å². The maximum absolute atomic E-state index is 13.1. The number of unbranched alkanes of at least 4 members (excludes halogenated alkanes) is 2. The summed E-state index contributed by atoms with van der Waals surface area (Å²) in [4.78, 5) is 24.6. The standard InChI is InChI=1S/C27H31IO6/c1-5-6-7-10-19(16-29)32-26(30)25-18(2)9-8-11-24(25)33-22-12-13-23-21(20(22)14-15-28)17-31-27(3,4)34-23/h8-9,11-16,19H,5-7,10,17H2,1-4H3/b15-14+/t19-/m0/s1. The molecular weight excluding hydrogens is 547 g/mol. The summed E-state index contributed by atoms with van der Waals surface area (Å²) in [6, 6.07) is 9.04. The Hall–Kier alpha value is -2.39. The monoisotopic (exact) mass is 578 g/mol. The van der Waals surface area contributed by atoms with Crippen LogP contribution in [0.15, 0.2) is 34.4 Å². The van der Waals surface area contributed by atoms with Crippen LogP contribution < -0.4 is 9.47 Å². The topological polar surface area (TPSA) is 71.1 Å². The minimum Gasteiger partial charge on any atom is -0.463 e. The van der Waals surface area contributed by atoms with Crippen LogP contribution in [0, 0.1) is 6.92 Å². The zero-order valence-electron chi connectivity index (χ0n) is 20.1. The number of benzene rings is 2. The lowest BCUT2D eigenvalue weighted by Crippen LogP contribution is -2.35. The van der Waals surface area contributed by atoms with Crippen LogP contribution in [0.25, 0.3) is 6.08 Å². The van der Waals surface area contributed by atoms with Gasteiger partial charge in [0.15, 0.2) is 12.4 Å². The predicted molar refractivity (Wildman–Crippen MR) is 140 cm³/mol. The Bertz CT molecular complexity index is 1060. The number of aryl methyl sites for hydroxylation is 1. The van der Waals surface area contributed by atoms with Crippen LogP contribution >= 0.6 is 22.6 Å². The SMILES string of the molecule is CCCCC[C@@H](C=O)OC(=O)c1c(C)cccc1Oc1ccc2c(c1/C=C/I)COC(C)(C)O2. The molecule has 1 atom stereocenters. The first-order valence-electron chi connectivity index (χ1n) is 11.5. The van der Waals surface area contributed by atoms with Crippen LogP contribution in [0.1, 0.15) is 73.5 Å². The van der Waals surface area contributed by atoms with Gasteiger partial charge in [0.1, 0.15) is 22.8 Å². The number of carbonyl (C=O) groups excluding carboxylic acids is 2. The molecule has 0 aromatic heterocycles. The molecule has 0 fully saturated rings. The van der Waals surface area contributed by atoms with Gasteiger partial charge in [0.05, 0.1) is 6.61 Å². The first kappa shape index (κ1) is 26.2. The lowest BCUT2D eigenvalue weighted by molar-refractivity contribution is -0.180. The van der Waals surface area contributed by atoms with E-state index in [1.807, 2.05) is 55.2 Å². The van der Waals surface area contributed by atoms with Crippen molar-refractivity contribution in [2.75, 3.05) is 0 Å². The highest BCUT2D eigenvalue weighted by Gasteiger charge is 2.30. The molecule has 3 rings (SSSR count). The molecule has 0 saturated carbocycles. The second-order valence-electron chi connectivity index (χ2n) is 8.66. The van der Waals surface area contributed by atoms with E-state index >= 15 is 0 Å². The van der Waals surface area contributed by atoms with E-state index in [1.54, 1.807) is 6.07 Å². The molecule has 0 spiro atoms. The minimum atomic E-state index is -0.773. The number of ether oxygens (including phenoxy) is 4. The van der Waals surface area contributed by atoms with Gasteiger partial charge in [-0.2, -0.15) is 0 Å². The normalized spacial score (nSPS) is 15.3. The minimum absolute atomic E-state index is 0.306. The van der Waals surface area contributed by atoms with Gasteiger partial charge < -0.3 is 18.9 Å². The summed E-state index contributed by atoms with van der Waals surface area (Å²) in [5.74, 6) is 0.384. The highest BCUT2D eigenvalue weighted by Crippen LogP contribution is 2.40. The lowest BCUT2D eigenvalue weighted by Gasteiger charge is -2.33. The molecule has 1 aliphatic heterocycles. The number of halogens is 1. The van der Waals surface area contributed by atoms with E-state index < -0.39 is 17.9 Å². The third-order valence-corrected chi connectivity index (χ3v) is 5.94. The Balaban J connectivity index is 1.92. The predicted octanol–water partition coefficient (Wildman–Crippen LogP) is 7.14. The van der Waals surface area contributed by atoms with E-state index in [2.05, 4.69) is 29.5 Å². The number of aldehydes is 1. The number of hydrogen-bond acceptors (Lipinski definition) is 6. The number of rotatable bonds is 10. The average molecular weight is 578 g/mol. The first-order chi connectivity index (χ1) is 16.3. The van der Waals surface area contributed by atoms with Crippen LogP contribution in [0.4, 0.5) is 0 Å². The molecule has 0 radical (unpaired) electrons. The van der Waals surface area contributed by atoms with Gasteiger partial charge in [-0.15, -0.1) is 0 Å². The molecule has 0 saturated heterocycles. The van der Waals surface area contributed by atoms with Crippen LogP contribution in [0.3, 0.4) is 0 Å². The molecule has 1 heterocycles. The molecule has 7 heteroatoms. The second kappa shape index (κ2) is 11.8. The Morgan fingerprint density at radius 2 is 2.00 bits per heavy atom. The first-order valence-corrected chi connectivity index (χ1v) is 12.7. The van der Waals surface area contributed by atoms with Crippen molar-refractivity contribution in [1.82, 2.24) is 0 Å². The summed E-state index contributed by atoms with van der Waals surface area (Å²) in [5, 5.41) is 0. The fraction of sp³-hybridized carbons (Fsp3) is 0.407. The summed E-state index contributed by atoms with van der Waals surface area (Å²) in [6.07, 6.45) is 5.19. The molecule has 2 aromatic rings. The highest BCUT2D eigenvalue weighted by atomic mass is 127. The molecule has 182 valence electrons. The average Bonchev–Trinajstić information content (AvgIpc) is 2.79. The molecule has 6 nitrogen and oxygen atoms in total. The third kappa shape index (κ3) is 6.39. The summed E-state index contributed by atoms with van der Waals surface area (Å²) in [6.45, 7) is 8.01. The maximum Gasteiger partial charge on any atom is 0.342 e. The van der Waals surface area contributed by atoms with Crippen molar-refractivity contribution in [3.63, 3.8) is 0 Å². The van der Waals surface area contributed by atoms with Gasteiger partial charge >= 0.3 is 5.97 Å². The van der Waals surface area contributed by atoms with Crippen LogP contribution in [0.2, 0.25) is 0 Å². The number of hydrogen-bond donors (Lipinski definition) is 0. The van der Waals surface area contributed by atoms with Crippen molar-refractivity contribution in [2.45, 2.75) is 71.9 Å². The Labute approximate surface area is 214 Å².